The van der Waals surface area contributed by atoms with Gasteiger partial charge in [0.15, 0.2) is 0 Å². The molecule has 0 saturated carbocycles. The Balaban J connectivity index is 2.58. The topological polar surface area (TPSA) is 179 Å². The number of aromatic nitrogens is 2. The van der Waals surface area contributed by atoms with Crippen LogP contribution in [0.2, 0.25) is 0 Å². The molecule has 1 heterocycles. The SMILES string of the molecule is CCC(C)C(N)C(=O)NC(C)C(=O)NC(C)C(=O)NC(Cc1cnc[nH]1)C(=O)O. The predicted octanol–water partition coefficient (Wildman–Crippen LogP) is -1.10. The number of carboxylic acid groups (broad SMARTS) is 1. The number of carboxylic acids is 1. The Morgan fingerprint density at radius 3 is 2.10 bits per heavy atom. The molecule has 1 aromatic rings. The number of nitrogens with one attached hydrogen (secondary N) is 4. The van der Waals surface area contributed by atoms with Crippen molar-refractivity contribution in [1.82, 2.24) is 25.9 Å². The number of H-pyrrole nitrogens is 1. The molecule has 0 aromatic carbocycles. The molecule has 29 heavy (non-hydrogen) atoms. The summed E-state index contributed by atoms with van der Waals surface area (Å²) >= 11 is 0. The van der Waals surface area contributed by atoms with Crippen molar-refractivity contribution in [3.8, 4) is 0 Å². The molecule has 162 valence electrons. The van der Waals surface area contributed by atoms with E-state index in [0.29, 0.717) is 5.69 Å². The third kappa shape index (κ3) is 7.53. The fourth-order valence-electron chi connectivity index (χ4n) is 2.40. The Morgan fingerprint density at radius 1 is 1.07 bits per heavy atom. The molecule has 0 radical (unpaired) electrons. The average Bonchev–Trinajstić information content (AvgIpc) is 3.18. The number of hydrogen-bond donors (Lipinski definition) is 6. The summed E-state index contributed by atoms with van der Waals surface area (Å²) in [5, 5.41) is 16.6. The lowest BCUT2D eigenvalue weighted by Crippen LogP contribution is -2.56. The highest BCUT2D eigenvalue weighted by atomic mass is 16.4. The van der Waals surface area contributed by atoms with Crippen LogP contribution in [-0.4, -0.2) is 62.9 Å². The molecule has 11 heteroatoms. The number of amides is 3. The predicted molar refractivity (Wildman–Crippen MR) is 104 cm³/mol. The van der Waals surface area contributed by atoms with E-state index in [4.69, 9.17) is 5.73 Å². The van der Waals surface area contributed by atoms with Crippen LogP contribution in [-0.2, 0) is 25.6 Å². The molecule has 5 unspecified atom stereocenters. The van der Waals surface area contributed by atoms with Crippen molar-refractivity contribution in [2.45, 2.75) is 64.7 Å². The fourth-order valence-corrected chi connectivity index (χ4v) is 2.40. The van der Waals surface area contributed by atoms with Crippen molar-refractivity contribution in [2.75, 3.05) is 0 Å². The first kappa shape index (κ1) is 24.1. The van der Waals surface area contributed by atoms with Crippen molar-refractivity contribution in [2.24, 2.45) is 11.7 Å². The van der Waals surface area contributed by atoms with Crippen LogP contribution in [0.3, 0.4) is 0 Å². The lowest BCUT2D eigenvalue weighted by molar-refractivity contribution is -0.142. The Kier molecular flexibility index (Phi) is 9.26. The largest absolute Gasteiger partial charge is 0.480 e. The second-order valence-corrected chi connectivity index (χ2v) is 7.05. The van der Waals surface area contributed by atoms with E-state index < -0.39 is 47.9 Å². The molecule has 0 aliphatic heterocycles. The number of aromatic amines is 1. The standard InChI is InChI=1S/C18H30N6O5/c1-5-9(2)14(19)17(27)23-10(3)15(25)22-11(4)16(26)24-13(18(28)29)6-12-7-20-8-21-12/h7-11,13-14H,5-6,19H2,1-4H3,(H,20,21)(H,22,25)(H,23,27)(H,24,26)(H,28,29). The Bertz CT molecular complexity index is 708. The van der Waals surface area contributed by atoms with Crippen LogP contribution in [0, 0.1) is 5.92 Å². The third-order valence-electron chi connectivity index (χ3n) is 4.66. The summed E-state index contributed by atoms with van der Waals surface area (Å²) in [5.41, 5.74) is 6.38. The Labute approximate surface area is 169 Å². The molecular weight excluding hydrogens is 380 g/mol. The van der Waals surface area contributed by atoms with Gasteiger partial charge in [-0.15, -0.1) is 0 Å². The van der Waals surface area contributed by atoms with E-state index in [1.165, 1.54) is 26.4 Å². The zero-order valence-electron chi connectivity index (χ0n) is 17.1. The average molecular weight is 410 g/mol. The zero-order chi connectivity index (χ0) is 22.1. The maximum absolute atomic E-state index is 12.3. The van der Waals surface area contributed by atoms with Gasteiger partial charge in [0.1, 0.15) is 18.1 Å². The van der Waals surface area contributed by atoms with Crippen molar-refractivity contribution in [1.29, 1.82) is 0 Å². The number of carbonyl (C=O) groups is 4. The van der Waals surface area contributed by atoms with Gasteiger partial charge in [0.05, 0.1) is 12.4 Å². The molecule has 0 saturated heterocycles. The number of rotatable bonds is 11. The Morgan fingerprint density at radius 2 is 1.62 bits per heavy atom. The van der Waals surface area contributed by atoms with Crippen LogP contribution in [0.25, 0.3) is 0 Å². The lowest BCUT2D eigenvalue weighted by Gasteiger charge is -2.22. The van der Waals surface area contributed by atoms with E-state index in [2.05, 4.69) is 25.9 Å². The monoisotopic (exact) mass is 410 g/mol. The van der Waals surface area contributed by atoms with Crippen molar-refractivity contribution in [3.05, 3.63) is 18.2 Å². The van der Waals surface area contributed by atoms with Crippen molar-refractivity contribution >= 4 is 23.7 Å². The van der Waals surface area contributed by atoms with E-state index in [1.54, 1.807) is 0 Å². The second kappa shape index (κ2) is 11.1. The van der Waals surface area contributed by atoms with E-state index in [0.717, 1.165) is 6.42 Å². The summed E-state index contributed by atoms with van der Waals surface area (Å²) in [7, 11) is 0. The van der Waals surface area contributed by atoms with E-state index in [9.17, 15) is 24.3 Å². The van der Waals surface area contributed by atoms with Crippen LogP contribution in [0.5, 0.6) is 0 Å². The van der Waals surface area contributed by atoms with Crippen LogP contribution in [0.15, 0.2) is 12.5 Å². The van der Waals surface area contributed by atoms with Gasteiger partial charge in [0.2, 0.25) is 17.7 Å². The Hall–Kier alpha value is -2.95. The summed E-state index contributed by atoms with van der Waals surface area (Å²) in [6.07, 6.45) is 3.60. The second-order valence-electron chi connectivity index (χ2n) is 7.05. The van der Waals surface area contributed by atoms with E-state index in [1.807, 2.05) is 13.8 Å². The number of nitrogens with zero attached hydrogens (tertiary/aromatic N) is 1. The molecule has 5 atom stereocenters. The highest BCUT2D eigenvalue weighted by Gasteiger charge is 2.27. The summed E-state index contributed by atoms with van der Waals surface area (Å²) in [6.45, 7) is 6.63. The first-order valence-electron chi connectivity index (χ1n) is 9.43. The van der Waals surface area contributed by atoms with Gasteiger partial charge in [0, 0.05) is 18.3 Å². The van der Waals surface area contributed by atoms with Crippen LogP contribution in [0.1, 0.15) is 39.8 Å². The summed E-state index contributed by atoms with van der Waals surface area (Å²) in [4.78, 5) is 54.6. The van der Waals surface area contributed by atoms with Crippen molar-refractivity contribution < 1.29 is 24.3 Å². The smallest absolute Gasteiger partial charge is 0.326 e. The van der Waals surface area contributed by atoms with Gasteiger partial charge in [-0.05, 0) is 19.8 Å². The minimum absolute atomic E-state index is 0.0156. The number of nitrogens with two attached hydrogens (primary N) is 1. The third-order valence-corrected chi connectivity index (χ3v) is 4.66. The molecule has 11 nitrogen and oxygen atoms in total. The summed E-state index contributed by atoms with van der Waals surface area (Å²) in [6, 6.07) is -3.84. The minimum Gasteiger partial charge on any atom is -0.480 e. The van der Waals surface area contributed by atoms with Gasteiger partial charge in [-0.1, -0.05) is 20.3 Å². The molecule has 1 rings (SSSR count). The molecule has 7 N–H and O–H groups in total. The quantitative estimate of drug-likeness (QED) is 0.268. The highest BCUT2D eigenvalue weighted by molar-refractivity contribution is 5.93. The van der Waals surface area contributed by atoms with Gasteiger partial charge in [-0.25, -0.2) is 9.78 Å². The fraction of sp³-hybridized carbons (Fsp3) is 0.611. The molecule has 0 bridgehead atoms. The van der Waals surface area contributed by atoms with Gasteiger partial charge < -0.3 is 31.8 Å². The summed E-state index contributed by atoms with van der Waals surface area (Å²) < 4.78 is 0. The lowest BCUT2D eigenvalue weighted by atomic mass is 9.99. The normalized spacial score (nSPS) is 16.0. The van der Waals surface area contributed by atoms with Gasteiger partial charge in [-0.3, -0.25) is 14.4 Å². The van der Waals surface area contributed by atoms with Crippen molar-refractivity contribution in [3.63, 3.8) is 0 Å². The molecule has 0 fully saturated rings. The van der Waals surface area contributed by atoms with Gasteiger partial charge >= 0.3 is 5.97 Å². The van der Waals surface area contributed by atoms with E-state index >= 15 is 0 Å². The molecule has 0 aliphatic carbocycles. The van der Waals surface area contributed by atoms with Crippen LogP contribution < -0.4 is 21.7 Å². The molecule has 0 aliphatic rings. The molecule has 1 aromatic heterocycles. The molecule has 3 amide bonds. The number of imidazole rings is 1. The maximum atomic E-state index is 12.3. The first-order chi connectivity index (χ1) is 13.6. The van der Waals surface area contributed by atoms with E-state index in [-0.39, 0.29) is 12.3 Å². The number of hydrogen-bond acceptors (Lipinski definition) is 6. The van der Waals surface area contributed by atoms with Crippen LogP contribution in [0.4, 0.5) is 0 Å². The molecular formula is C18H30N6O5. The summed E-state index contributed by atoms with van der Waals surface area (Å²) in [5.74, 6) is -2.97. The molecule has 0 spiro atoms. The maximum Gasteiger partial charge on any atom is 0.326 e. The number of carbonyl (C=O) groups excluding carboxylic acids is 3. The van der Waals surface area contributed by atoms with Gasteiger partial charge in [-0.2, -0.15) is 0 Å². The zero-order valence-corrected chi connectivity index (χ0v) is 17.1. The van der Waals surface area contributed by atoms with Gasteiger partial charge in [0.25, 0.3) is 0 Å². The van der Waals surface area contributed by atoms with Crippen LogP contribution >= 0.6 is 0 Å². The first-order valence-corrected chi connectivity index (χ1v) is 9.43. The highest BCUT2D eigenvalue weighted by Crippen LogP contribution is 2.05. The number of aliphatic carboxylic acids is 1. The minimum atomic E-state index is -1.22.